The zero-order valence-electron chi connectivity index (χ0n) is 10.3. The van der Waals surface area contributed by atoms with E-state index in [0.717, 1.165) is 0 Å². The molecule has 3 rings (SSSR count). The lowest BCUT2D eigenvalue weighted by Crippen LogP contribution is -2.34. The SMILES string of the molecule is CN(C)c1cc2c3c(c1)CCCN3CCC2. The predicted molar refractivity (Wildman–Crippen MR) is 69.6 cm³/mol. The minimum absolute atomic E-state index is 1.26. The Morgan fingerprint density at radius 1 is 1.00 bits per heavy atom. The zero-order valence-corrected chi connectivity index (χ0v) is 10.3. The van der Waals surface area contributed by atoms with Gasteiger partial charge in [0, 0.05) is 38.6 Å². The molecule has 2 heterocycles. The average molecular weight is 216 g/mol. The molecule has 0 spiro atoms. The van der Waals surface area contributed by atoms with Crippen LogP contribution < -0.4 is 9.80 Å². The van der Waals surface area contributed by atoms with Crippen LogP contribution >= 0.6 is 0 Å². The van der Waals surface area contributed by atoms with Crippen molar-refractivity contribution in [3.05, 3.63) is 23.3 Å². The number of aryl methyl sites for hydroxylation is 2. The van der Waals surface area contributed by atoms with Crippen molar-refractivity contribution in [1.82, 2.24) is 0 Å². The fraction of sp³-hybridized carbons (Fsp3) is 0.571. The van der Waals surface area contributed by atoms with Gasteiger partial charge in [-0.15, -0.1) is 0 Å². The highest BCUT2D eigenvalue weighted by atomic mass is 15.1. The summed E-state index contributed by atoms with van der Waals surface area (Å²) in [5, 5.41) is 0. The second-order valence-corrected chi connectivity index (χ2v) is 5.20. The van der Waals surface area contributed by atoms with Crippen molar-refractivity contribution in [3.8, 4) is 0 Å². The number of hydrogen-bond acceptors (Lipinski definition) is 2. The van der Waals surface area contributed by atoms with Gasteiger partial charge < -0.3 is 9.80 Å². The molecular formula is C14H20N2. The molecule has 0 atom stereocenters. The largest absolute Gasteiger partial charge is 0.378 e. The van der Waals surface area contributed by atoms with Gasteiger partial charge in [0.05, 0.1) is 0 Å². The molecule has 0 aromatic heterocycles. The van der Waals surface area contributed by atoms with E-state index in [4.69, 9.17) is 0 Å². The van der Waals surface area contributed by atoms with Crippen molar-refractivity contribution < 1.29 is 0 Å². The van der Waals surface area contributed by atoms with Gasteiger partial charge >= 0.3 is 0 Å². The van der Waals surface area contributed by atoms with Crippen LogP contribution in [0.1, 0.15) is 24.0 Å². The summed E-state index contributed by atoms with van der Waals surface area (Å²) in [6, 6.07) is 4.77. The number of benzene rings is 1. The Hall–Kier alpha value is -1.18. The molecule has 0 saturated heterocycles. The first-order valence-corrected chi connectivity index (χ1v) is 6.34. The summed E-state index contributed by atoms with van der Waals surface area (Å²) in [5.41, 5.74) is 6.10. The van der Waals surface area contributed by atoms with E-state index < -0.39 is 0 Å². The van der Waals surface area contributed by atoms with E-state index in [1.165, 1.54) is 44.5 Å². The van der Waals surface area contributed by atoms with Crippen LogP contribution in [0.25, 0.3) is 0 Å². The van der Waals surface area contributed by atoms with Crippen molar-refractivity contribution in [2.24, 2.45) is 0 Å². The fourth-order valence-electron chi connectivity index (χ4n) is 3.04. The molecule has 0 saturated carbocycles. The quantitative estimate of drug-likeness (QED) is 0.711. The van der Waals surface area contributed by atoms with Crippen LogP contribution in [0.3, 0.4) is 0 Å². The predicted octanol–water partition coefficient (Wildman–Crippen LogP) is 2.45. The van der Waals surface area contributed by atoms with E-state index in [9.17, 15) is 0 Å². The highest BCUT2D eigenvalue weighted by molar-refractivity contribution is 5.68. The van der Waals surface area contributed by atoms with Gasteiger partial charge in [-0.2, -0.15) is 0 Å². The van der Waals surface area contributed by atoms with Gasteiger partial charge in [-0.25, -0.2) is 0 Å². The van der Waals surface area contributed by atoms with Gasteiger partial charge in [-0.3, -0.25) is 0 Å². The van der Waals surface area contributed by atoms with Crippen LogP contribution in [0.15, 0.2) is 12.1 Å². The second-order valence-electron chi connectivity index (χ2n) is 5.20. The Labute approximate surface area is 97.9 Å². The first-order chi connectivity index (χ1) is 7.75. The van der Waals surface area contributed by atoms with Gasteiger partial charge in [0.15, 0.2) is 0 Å². The molecule has 0 unspecified atom stereocenters. The highest BCUT2D eigenvalue weighted by Crippen LogP contribution is 2.37. The molecule has 2 heteroatoms. The first kappa shape index (κ1) is 10.0. The maximum atomic E-state index is 2.59. The Balaban J connectivity index is 2.13. The van der Waals surface area contributed by atoms with Crippen LogP contribution in [0.4, 0.5) is 11.4 Å². The van der Waals surface area contributed by atoms with E-state index in [1.807, 2.05) is 0 Å². The van der Waals surface area contributed by atoms with Crippen LogP contribution in [-0.4, -0.2) is 27.2 Å². The molecule has 0 fully saturated rings. The van der Waals surface area contributed by atoms with Crippen LogP contribution in [0, 0.1) is 0 Å². The Morgan fingerprint density at radius 3 is 2.06 bits per heavy atom. The number of anilines is 2. The number of hydrogen-bond donors (Lipinski definition) is 0. The molecule has 0 amide bonds. The van der Waals surface area contributed by atoms with E-state index >= 15 is 0 Å². The van der Waals surface area contributed by atoms with Crippen LogP contribution in [-0.2, 0) is 12.8 Å². The number of nitrogens with zero attached hydrogens (tertiary/aromatic N) is 2. The van der Waals surface area contributed by atoms with Gasteiger partial charge in [-0.05, 0) is 48.9 Å². The summed E-state index contributed by atoms with van der Waals surface area (Å²) in [4.78, 5) is 4.82. The summed E-state index contributed by atoms with van der Waals surface area (Å²) in [6.45, 7) is 2.53. The maximum Gasteiger partial charge on any atom is 0.0432 e. The van der Waals surface area contributed by atoms with Crippen molar-refractivity contribution in [2.75, 3.05) is 37.0 Å². The van der Waals surface area contributed by atoms with Crippen molar-refractivity contribution >= 4 is 11.4 Å². The van der Waals surface area contributed by atoms with Gasteiger partial charge in [0.1, 0.15) is 0 Å². The minimum Gasteiger partial charge on any atom is -0.378 e. The maximum absolute atomic E-state index is 2.59. The molecule has 0 N–H and O–H groups in total. The summed E-state index contributed by atoms with van der Waals surface area (Å²) in [6.07, 6.45) is 5.17. The molecule has 1 aromatic rings. The lowest BCUT2D eigenvalue weighted by atomic mass is 9.91. The zero-order chi connectivity index (χ0) is 11.1. The van der Waals surface area contributed by atoms with Crippen LogP contribution in [0.5, 0.6) is 0 Å². The van der Waals surface area contributed by atoms with Crippen molar-refractivity contribution in [3.63, 3.8) is 0 Å². The molecule has 1 aromatic carbocycles. The average Bonchev–Trinajstić information content (AvgIpc) is 2.29. The summed E-state index contributed by atoms with van der Waals surface area (Å²) < 4.78 is 0. The number of rotatable bonds is 1. The van der Waals surface area contributed by atoms with Crippen LogP contribution in [0.2, 0.25) is 0 Å². The lowest BCUT2D eigenvalue weighted by molar-refractivity contribution is 0.634. The lowest BCUT2D eigenvalue weighted by Gasteiger charge is -2.37. The molecule has 0 radical (unpaired) electrons. The molecule has 0 aliphatic carbocycles. The Morgan fingerprint density at radius 2 is 1.56 bits per heavy atom. The molecule has 2 aliphatic heterocycles. The molecule has 86 valence electrons. The molecule has 2 aliphatic rings. The van der Waals surface area contributed by atoms with E-state index in [-0.39, 0.29) is 0 Å². The highest BCUT2D eigenvalue weighted by Gasteiger charge is 2.24. The van der Waals surface area contributed by atoms with Crippen molar-refractivity contribution in [2.45, 2.75) is 25.7 Å². The summed E-state index contributed by atoms with van der Waals surface area (Å²) in [7, 11) is 4.27. The second kappa shape index (κ2) is 3.69. The van der Waals surface area contributed by atoms with E-state index in [2.05, 4.69) is 36.0 Å². The topological polar surface area (TPSA) is 6.48 Å². The van der Waals surface area contributed by atoms with E-state index in [0.29, 0.717) is 0 Å². The van der Waals surface area contributed by atoms with Gasteiger partial charge in [0.25, 0.3) is 0 Å². The molecule has 16 heavy (non-hydrogen) atoms. The smallest absolute Gasteiger partial charge is 0.0432 e. The monoisotopic (exact) mass is 216 g/mol. The normalized spacial score (nSPS) is 18.2. The fourth-order valence-corrected chi connectivity index (χ4v) is 3.04. The van der Waals surface area contributed by atoms with Gasteiger partial charge in [0.2, 0.25) is 0 Å². The Bertz CT molecular complexity index is 378. The molecule has 2 nitrogen and oxygen atoms in total. The first-order valence-electron chi connectivity index (χ1n) is 6.34. The minimum atomic E-state index is 1.26. The standard InChI is InChI=1S/C14H20N2/c1-15(2)13-9-11-5-3-7-16-8-4-6-12(10-13)14(11)16/h9-10H,3-8H2,1-2H3. The summed E-state index contributed by atoms with van der Waals surface area (Å²) in [5.74, 6) is 0. The summed E-state index contributed by atoms with van der Waals surface area (Å²) >= 11 is 0. The van der Waals surface area contributed by atoms with E-state index in [1.54, 1.807) is 16.8 Å². The van der Waals surface area contributed by atoms with Gasteiger partial charge in [-0.1, -0.05) is 0 Å². The molecular weight excluding hydrogens is 196 g/mol. The Kier molecular flexibility index (Phi) is 2.31. The third-order valence-corrected chi connectivity index (χ3v) is 3.83. The third-order valence-electron chi connectivity index (χ3n) is 3.83. The third kappa shape index (κ3) is 1.48. The molecule has 0 bridgehead atoms. The van der Waals surface area contributed by atoms with Crippen molar-refractivity contribution in [1.29, 1.82) is 0 Å².